The first-order valence-corrected chi connectivity index (χ1v) is 8.02. The number of halogens is 2. The van der Waals surface area contributed by atoms with Gasteiger partial charge in [-0.3, -0.25) is 4.79 Å². The zero-order valence-electron chi connectivity index (χ0n) is 11.3. The lowest BCUT2D eigenvalue weighted by Crippen LogP contribution is -2.17. The molecule has 2 aromatic rings. The highest BCUT2D eigenvalue weighted by Gasteiger charge is 2.24. The molecule has 108 valence electrons. The number of fused-ring (bicyclic) bond motifs is 1. The molecule has 2 aromatic carbocycles. The molecule has 0 saturated carbocycles. The van der Waals surface area contributed by atoms with Crippen LogP contribution in [0.1, 0.15) is 34.7 Å². The maximum Gasteiger partial charge on any atom is 0.165 e. The van der Waals surface area contributed by atoms with Crippen molar-refractivity contribution in [2.45, 2.75) is 18.8 Å². The quantitative estimate of drug-likeness (QED) is 0.695. The molecule has 2 nitrogen and oxygen atoms in total. The molecule has 0 spiro atoms. The summed E-state index contributed by atoms with van der Waals surface area (Å²) < 4.78 is 6.50. The van der Waals surface area contributed by atoms with Crippen molar-refractivity contribution < 1.29 is 9.53 Å². The van der Waals surface area contributed by atoms with Crippen LogP contribution in [0.5, 0.6) is 5.75 Å². The monoisotopic (exact) mass is 364 g/mol. The smallest absolute Gasteiger partial charge is 0.165 e. The fourth-order valence-corrected chi connectivity index (χ4v) is 3.26. The van der Waals surface area contributed by atoms with Crippen molar-refractivity contribution in [3.05, 3.63) is 63.1 Å². The summed E-state index contributed by atoms with van der Waals surface area (Å²) in [6.45, 7) is 0.654. The molecule has 0 amide bonds. The average Bonchev–Trinajstić information content (AvgIpc) is 2.50. The van der Waals surface area contributed by atoms with Gasteiger partial charge >= 0.3 is 0 Å². The second-order valence-corrected chi connectivity index (χ2v) is 6.45. The molecule has 0 aromatic heterocycles. The third-order valence-electron chi connectivity index (χ3n) is 3.74. The van der Waals surface area contributed by atoms with Crippen molar-refractivity contribution in [3.8, 4) is 5.75 Å². The lowest BCUT2D eigenvalue weighted by Gasteiger charge is -2.25. The van der Waals surface area contributed by atoms with Crippen LogP contribution in [0.25, 0.3) is 0 Å². The third-order valence-corrected chi connectivity index (χ3v) is 4.57. The summed E-state index contributed by atoms with van der Waals surface area (Å²) in [5, 5.41) is 0.503. The molecular weight excluding hydrogens is 352 g/mol. The number of Topliss-reactive ketones (excluding diaryl/α,β-unsaturated/α-hetero) is 1. The maximum absolute atomic E-state index is 12.5. The van der Waals surface area contributed by atoms with Gasteiger partial charge in [-0.25, -0.2) is 0 Å². The number of carbonyl (C=O) groups excluding carboxylic acids is 1. The summed E-state index contributed by atoms with van der Waals surface area (Å²) in [7, 11) is 0. The van der Waals surface area contributed by atoms with Crippen LogP contribution in [0.3, 0.4) is 0 Å². The molecule has 0 radical (unpaired) electrons. The molecule has 0 N–H and O–H groups in total. The number of para-hydroxylation sites is 1. The summed E-state index contributed by atoms with van der Waals surface area (Å²) in [4.78, 5) is 12.5. The fraction of sp³-hybridized carbons (Fsp3) is 0.235. The summed E-state index contributed by atoms with van der Waals surface area (Å²) in [5.74, 6) is 1.15. The third kappa shape index (κ3) is 3.14. The van der Waals surface area contributed by atoms with Crippen molar-refractivity contribution in [2.75, 3.05) is 6.61 Å². The molecule has 0 saturated heterocycles. The first-order chi connectivity index (χ1) is 10.1. The average molecular weight is 366 g/mol. The first-order valence-electron chi connectivity index (χ1n) is 6.85. The zero-order valence-corrected chi connectivity index (χ0v) is 13.7. The Hall–Kier alpha value is -1.32. The normalized spacial score (nSPS) is 17.0. The molecule has 0 bridgehead atoms. The molecular formula is C17H14BrClO2. The number of hydrogen-bond acceptors (Lipinski definition) is 2. The Morgan fingerprint density at radius 3 is 2.95 bits per heavy atom. The van der Waals surface area contributed by atoms with Gasteiger partial charge < -0.3 is 4.74 Å². The minimum absolute atomic E-state index is 0.0722. The highest BCUT2D eigenvalue weighted by molar-refractivity contribution is 9.10. The van der Waals surface area contributed by atoms with E-state index in [1.54, 1.807) is 12.1 Å². The van der Waals surface area contributed by atoms with Crippen molar-refractivity contribution in [3.63, 3.8) is 0 Å². The fourth-order valence-electron chi connectivity index (χ4n) is 2.67. The van der Waals surface area contributed by atoms with Crippen LogP contribution in [0.2, 0.25) is 5.02 Å². The highest BCUT2D eigenvalue weighted by Crippen LogP contribution is 2.36. The Morgan fingerprint density at radius 1 is 1.29 bits per heavy atom. The Balaban J connectivity index is 1.84. The maximum atomic E-state index is 12.5. The lowest BCUT2D eigenvalue weighted by atomic mass is 9.87. The molecule has 0 aliphatic carbocycles. The molecule has 1 heterocycles. The summed E-state index contributed by atoms with van der Waals surface area (Å²) >= 11 is 9.53. The molecule has 1 aliphatic rings. The number of rotatable bonds is 3. The molecule has 21 heavy (non-hydrogen) atoms. The number of hydrogen-bond donors (Lipinski definition) is 0. The van der Waals surface area contributed by atoms with E-state index in [2.05, 4.69) is 15.9 Å². The van der Waals surface area contributed by atoms with E-state index in [0.29, 0.717) is 23.6 Å². The Labute approximate surface area is 137 Å². The SMILES string of the molecule is O=C(CC1CCOc2ccccc21)c1cc(Br)ccc1Cl. The van der Waals surface area contributed by atoms with Crippen LogP contribution in [0.15, 0.2) is 46.9 Å². The Bertz CT molecular complexity index is 684. The second-order valence-electron chi connectivity index (χ2n) is 5.12. The van der Waals surface area contributed by atoms with Gasteiger partial charge in [-0.05, 0) is 42.2 Å². The Kier molecular flexibility index (Phi) is 4.32. The van der Waals surface area contributed by atoms with E-state index < -0.39 is 0 Å². The van der Waals surface area contributed by atoms with Crippen LogP contribution >= 0.6 is 27.5 Å². The van der Waals surface area contributed by atoms with Gasteiger partial charge in [0.1, 0.15) is 5.75 Å². The van der Waals surface area contributed by atoms with Gasteiger partial charge in [0.05, 0.1) is 11.6 Å². The Morgan fingerprint density at radius 2 is 2.10 bits per heavy atom. The van der Waals surface area contributed by atoms with Gasteiger partial charge in [-0.1, -0.05) is 45.7 Å². The number of carbonyl (C=O) groups is 1. The lowest BCUT2D eigenvalue weighted by molar-refractivity contribution is 0.0966. The minimum atomic E-state index is 0.0722. The number of ether oxygens (including phenoxy) is 1. The summed E-state index contributed by atoms with van der Waals surface area (Å²) in [5.41, 5.74) is 1.69. The van der Waals surface area contributed by atoms with E-state index in [-0.39, 0.29) is 11.7 Å². The topological polar surface area (TPSA) is 26.3 Å². The van der Waals surface area contributed by atoms with E-state index in [1.807, 2.05) is 30.3 Å². The molecule has 3 rings (SSSR count). The molecule has 4 heteroatoms. The summed E-state index contributed by atoms with van der Waals surface area (Å²) in [6.07, 6.45) is 1.31. The molecule has 1 aliphatic heterocycles. The van der Waals surface area contributed by atoms with Crippen LogP contribution < -0.4 is 4.74 Å². The van der Waals surface area contributed by atoms with Gasteiger partial charge in [-0.2, -0.15) is 0 Å². The van der Waals surface area contributed by atoms with E-state index in [9.17, 15) is 4.79 Å². The summed E-state index contributed by atoms with van der Waals surface area (Å²) in [6, 6.07) is 13.3. The van der Waals surface area contributed by atoms with E-state index in [0.717, 1.165) is 22.2 Å². The van der Waals surface area contributed by atoms with Gasteiger partial charge in [0.2, 0.25) is 0 Å². The van der Waals surface area contributed by atoms with E-state index in [1.165, 1.54) is 0 Å². The largest absolute Gasteiger partial charge is 0.493 e. The minimum Gasteiger partial charge on any atom is -0.493 e. The highest BCUT2D eigenvalue weighted by atomic mass is 79.9. The first kappa shape index (κ1) is 14.6. The van der Waals surface area contributed by atoms with E-state index >= 15 is 0 Å². The predicted octanol–water partition coefficient (Wildman–Crippen LogP) is 5.24. The van der Waals surface area contributed by atoms with Crippen molar-refractivity contribution >= 4 is 33.3 Å². The molecule has 1 atom stereocenters. The van der Waals surface area contributed by atoms with Crippen LogP contribution in [0, 0.1) is 0 Å². The van der Waals surface area contributed by atoms with Gasteiger partial charge in [0.15, 0.2) is 5.78 Å². The van der Waals surface area contributed by atoms with Crippen molar-refractivity contribution in [1.29, 1.82) is 0 Å². The molecule has 0 fully saturated rings. The zero-order chi connectivity index (χ0) is 14.8. The van der Waals surface area contributed by atoms with Crippen molar-refractivity contribution in [2.24, 2.45) is 0 Å². The van der Waals surface area contributed by atoms with Crippen LogP contribution in [-0.2, 0) is 0 Å². The number of benzene rings is 2. The standard InChI is InChI=1S/C17H14BrClO2/c18-12-5-6-15(19)14(10-12)16(20)9-11-7-8-21-17-4-2-1-3-13(11)17/h1-6,10-11H,7-9H2. The van der Waals surface area contributed by atoms with E-state index in [4.69, 9.17) is 16.3 Å². The second kappa shape index (κ2) is 6.20. The number of ketones is 1. The van der Waals surface area contributed by atoms with Gasteiger partial charge in [0.25, 0.3) is 0 Å². The van der Waals surface area contributed by atoms with Gasteiger partial charge in [-0.15, -0.1) is 0 Å². The predicted molar refractivity (Wildman–Crippen MR) is 87.4 cm³/mol. The van der Waals surface area contributed by atoms with Crippen molar-refractivity contribution in [1.82, 2.24) is 0 Å². The molecule has 1 unspecified atom stereocenters. The van der Waals surface area contributed by atoms with Crippen LogP contribution in [-0.4, -0.2) is 12.4 Å². The van der Waals surface area contributed by atoms with Gasteiger partial charge in [0, 0.05) is 16.5 Å². The van der Waals surface area contributed by atoms with Crippen LogP contribution in [0.4, 0.5) is 0 Å².